The number of halogens is 1. The maximum Gasteiger partial charge on any atom is 0.264 e. The Morgan fingerprint density at radius 2 is 1.61 bits per heavy atom. The minimum atomic E-state index is -3.96. The molecule has 6 nitrogen and oxygen atoms in total. The predicted molar refractivity (Wildman–Crippen MR) is 131 cm³/mol. The van der Waals surface area contributed by atoms with Crippen LogP contribution in [0.5, 0.6) is 5.75 Å². The smallest absolute Gasteiger partial charge is 0.264 e. The van der Waals surface area contributed by atoms with Crippen LogP contribution in [-0.2, 0) is 21.2 Å². The molecule has 0 radical (unpaired) electrons. The van der Waals surface area contributed by atoms with Crippen molar-refractivity contribution in [2.45, 2.75) is 24.7 Å². The van der Waals surface area contributed by atoms with E-state index < -0.39 is 10.0 Å². The molecule has 0 atom stereocenters. The van der Waals surface area contributed by atoms with Gasteiger partial charge < -0.3 is 10.1 Å². The van der Waals surface area contributed by atoms with Gasteiger partial charge in [0.2, 0.25) is 5.91 Å². The number of hydrogen-bond donors (Lipinski definition) is 1. The molecule has 1 amide bonds. The summed E-state index contributed by atoms with van der Waals surface area (Å²) in [6, 6.07) is 20.7. The Morgan fingerprint density at radius 1 is 0.970 bits per heavy atom. The SMILES string of the molecule is COc1ccc(S(=O)(=O)N(CC(=O)NCCCc2ccc(Cl)cc2)c2ccc(C)cc2)cc1. The molecule has 0 saturated heterocycles. The van der Waals surface area contributed by atoms with Gasteiger partial charge in [-0.2, -0.15) is 0 Å². The minimum Gasteiger partial charge on any atom is -0.497 e. The average Bonchev–Trinajstić information content (AvgIpc) is 2.82. The van der Waals surface area contributed by atoms with Crippen LogP contribution in [0, 0.1) is 6.92 Å². The number of nitrogens with one attached hydrogen (secondary N) is 1. The zero-order valence-electron chi connectivity index (χ0n) is 18.6. The van der Waals surface area contributed by atoms with Gasteiger partial charge in [-0.3, -0.25) is 9.10 Å². The highest BCUT2D eigenvalue weighted by atomic mass is 35.5. The molecule has 0 unspecified atom stereocenters. The largest absolute Gasteiger partial charge is 0.497 e. The van der Waals surface area contributed by atoms with Gasteiger partial charge in [0.15, 0.2) is 0 Å². The highest BCUT2D eigenvalue weighted by Crippen LogP contribution is 2.25. The molecule has 0 saturated carbocycles. The molecule has 174 valence electrons. The van der Waals surface area contributed by atoms with E-state index in [9.17, 15) is 13.2 Å². The third-order valence-electron chi connectivity index (χ3n) is 5.13. The minimum absolute atomic E-state index is 0.0828. The molecule has 3 aromatic rings. The molecule has 1 N–H and O–H groups in total. The van der Waals surface area contributed by atoms with Gasteiger partial charge in [0.05, 0.1) is 17.7 Å². The highest BCUT2D eigenvalue weighted by Gasteiger charge is 2.27. The second-order valence-corrected chi connectivity index (χ2v) is 9.90. The van der Waals surface area contributed by atoms with E-state index in [0.29, 0.717) is 23.0 Å². The molecule has 3 aromatic carbocycles. The van der Waals surface area contributed by atoms with Gasteiger partial charge in [-0.05, 0) is 73.9 Å². The third-order valence-corrected chi connectivity index (χ3v) is 7.17. The number of methoxy groups -OCH3 is 1. The molecule has 8 heteroatoms. The van der Waals surface area contributed by atoms with Crippen molar-refractivity contribution in [3.63, 3.8) is 0 Å². The molecule has 0 aromatic heterocycles. The number of benzene rings is 3. The van der Waals surface area contributed by atoms with E-state index in [1.165, 1.54) is 19.2 Å². The van der Waals surface area contributed by atoms with E-state index in [1.54, 1.807) is 24.3 Å². The summed E-state index contributed by atoms with van der Waals surface area (Å²) in [7, 11) is -2.45. The zero-order chi connectivity index (χ0) is 23.8. The molecule has 0 aliphatic heterocycles. The Bertz CT molecular complexity index is 1160. The number of sulfonamides is 1. The fourth-order valence-corrected chi connectivity index (χ4v) is 4.81. The molecule has 0 spiro atoms. The summed E-state index contributed by atoms with van der Waals surface area (Å²) < 4.78 is 33.0. The van der Waals surface area contributed by atoms with Gasteiger partial charge in [-0.25, -0.2) is 8.42 Å². The van der Waals surface area contributed by atoms with E-state index in [-0.39, 0.29) is 17.3 Å². The maximum absolute atomic E-state index is 13.4. The van der Waals surface area contributed by atoms with Crippen LogP contribution >= 0.6 is 11.6 Å². The standard InChI is InChI=1S/C25H27ClN2O4S/c1-19-5-11-22(12-6-19)28(33(30,31)24-15-13-23(32-2)14-16-24)18-25(29)27-17-3-4-20-7-9-21(26)10-8-20/h5-16H,3-4,17-18H2,1-2H3,(H,27,29). The van der Waals surface area contributed by atoms with Crippen LogP contribution in [0.25, 0.3) is 0 Å². The molecule has 0 aliphatic carbocycles. The van der Waals surface area contributed by atoms with Crippen molar-refractivity contribution in [1.29, 1.82) is 0 Å². The van der Waals surface area contributed by atoms with Gasteiger partial charge >= 0.3 is 0 Å². The number of hydrogen-bond acceptors (Lipinski definition) is 4. The van der Waals surface area contributed by atoms with E-state index in [4.69, 9.17) is 16.3 Å². The van der Waals surface area contributed by atoms with Gasteiger partial charge in [0, 0.05) is 11.6 Å². The van der Waals surface area contributed by atoms with Crippen molar-refractivity contribution < 1.29 is 17.9 Å². The summed E-state index contributed by atoms with van der Waals surface area (Å²) >= 11 is 5.90. The van der Waals surface area contributed by atoms with Crippen molar-refractivity contribution in [2.24, 2.45) is 0 Å². The Labute approximate surface area is 200 Å². The zero-order valence-corrected chi connectivity index (χ0v) is 20.2. The number of rotatable bonds is 10. The first kappa shape index (κ1) is 24.6. The van der Waals surface area contributed by atoms with E-state index in [1.807, 2.05) is 43.3 Å². The molecular formula is C25H27ClN2O4S. The first-order valence-electron chi connectivity index (χ1n) is 10.5. The number of carbonyl (C=O) groups excluding carboxylic acids is 1. The second-order valence-electron chi connectivity index (χ2n) is 7.60. The lowest BCUT2D eigenvalue weighted by Crippen LogP contribution is -2.41. The fourth-order valence-electron chi connectivity index (χ4n) is 3.26. The van der Waals surface area contributed by atoms with Crippen LogP contribution < -0.4 is 14.4 Å². The topological polar surface area (TPSA) is 75.7 Å². The van der Waals surface area contributed by atoms with Crippen LogP contribution in [0.15, 0.2) is 77.7 Å². The summed E-state index contributed by atoms with van der Waals surface area (Å²) in [5.41, 5.74) is 2.54. The van der Waals surface area contributed by atoms with Crippen molar-refractivity contribution in [3.05, 3.63) is 88.9 Å². The van der Waals surface area contributed by atoms with Gasteiger partial charge in [0.25, 0.3) is 10.0 Å². The van der Waals surface area contributed by atoms with Crippen LogP contribution in [0.4, 0.5) is 5.69 Å². The number of ether oxygens (including phenoxy) is 1. The number of amides is 1. The molecule has 33 heavy (non-hydrogen) atoms. The van der Waals surface area contributed by atoms with Crippen molar-refractivity contribution in [1.82, 2.24) is 5.32 Å². The summed E-state index contributed by atoms with van der Waals surface area (Å²) in [4.78, 5) is 12.8. The van der Waals surface area contributed by atoms with Gasteiger partial charge in [-0.1, -0.05) is 41.4 Å². The third kappa shape index (κ3) is 6.73. The normalized spacial score (nSPS) is 11.1. The summed E-state index contributed by atoms with van der Waals surface area (Å²) in [5, 5.41) is 3.51. The first-order chi connectivity index (χ1) is 15.8. The van der Waals surface area contributed by atoms with Crippen molar-refractivity contribution in [3.8, 4) is 5.75 Å². The van der Waals surface area contributed by atoms with Crippen LogP contribution in [0.2, 0.25) is 5.02 Å². The predicted octanol–water partition coefficient (Wildman–Crippen LogP) is 4.60. The van der Waals surface area contributed by atoms with E-state index >= 15 is 0 Å². The van der Waals surface area contributed by atoms with E-state index in [2.05, 4.69) is 5.32 Å². The lowest BCUT2D eigenvalue weighted by Gasteiger charge is -2.24. The molecule has 3 rings (SSSR count). The van der Waals surface area contributed by atoms with Crippen LogP contribution in [0.1, 0.15) is 17.5 Å². The Balaban J connectivity index is 1.70. The number of nitrogens with zero attached hydrogens (tertiary/aromatic N) is 1. The van der Waals surface area contributed by atoms with Gasteiger partial charge in [-0.15, -0.1) is 0 Å². The Hall–Kier alpha value is -3.03. The number of carbonyl (C=O) groups is 1. The lowest BCUT2D eigenvalue weighted by molar-refractivity contribution is -0.119. The number of aryl methyl sites for hydroxylation is 2. The maximum atomic E-state index is 13.4. The monoisotopic (exact) mass is 486 g/mol. The highest BCUT2D eigenvalue weighted by molar-refractivity contribution is 7.92. The van der Waals surface area contributed by atoms with Crippen LogP contribution in [0.3, 0.4) is 0 Å². The fraction of sp³-hybridized carbons (Fsp3) is 0.240. The average molecular weight is 487 g/mol. The molecule has 0 fully saturated rings. The van der Waals surface area contributed by atoms with Gasteiger partial charge in [0.1, 0.15) is 12.3 Å². The molecule has 0 aliphatic rings. The summed E-state index contributed by atoms with van der Waals surface area (Å²) in [6.45, 7) is 2.03. The second kappa shape index (κ2) is 11.2. The lowest BCUT2D eigenvalue weighted by atomic mass is 10.1. The summed E-state index contributed by atoms with van der Waals surface area (Å²) in [5.74, 6) is 0.179. The quantitative estimate of drug-likeness (QED) is 0.425. The van der Waals surface area contributed by atoms with E-state index in [0.717, 1.165) is 28.3 Å². The molecule has 0 heterocycles. The Morgan fingerprint density at radius 3 is 2.21 bits per heavy atom. The van der Waals surface area contributed by atoms with Crippen molar-refractivity contribution >= 4 is 33.2 Å². The summed E-state index contributed by atoms with van der Waals surface area (Å²) in [6.07, 6.45) is 1.51. The molecule has 0 bridgehead atoms. The molecular weight excluding hydrogens is 460 g/mol. The van der Waals surface area contributed by atoms with Crippen molar-refractivity contribution in [2.75, 3.05) is 24.5 Å². The first-order valence-corrected chi connectivity index (χ1v) is 12.4. The van der Waals surface area contributed by atoms with Crippen LogP contribution in [-0.4, -0.2) is 34.5 Å². The Kier molecular flexibility index (Phi) is 8.36. The number of anilines is 1.